The number of carbonyl (C=O) groups excluding carboxylic acids is 1. The third kappa shape index (κ3) is 4.83. The third-order valence-corrected chi connectivity index (χ3v) is 6.17. The van der Waals surface area contributed by atoms with Crippen molar-refractivity contribution < 1.29 is 9.53 Å². The first-order valence-corrected chi connectivity index (χ1v) is 9.30. The largest absolute Gasteiger partial charge is 0.368 e. The Labute approximate surface area is 146 Å². The lowest BCUT2D eigenvalue weighted by Crippen LogP contribution is -2.54. The number of halogens is 1. The number of fused-ring (bicyclic) bond motifs is 2. The van der Waals surface area contributed by atoms with Crippen LogP contribution in [-0.4, -0.2) is 30.7 Å². The van der Waals surface area contributed by atoms with Crippen molar-refractivity contribution in [3.63, 3.8) is 0 Å². The van der Waals surface area contributed by atoms with Gasteiger partial charge in [0.15, 0.2) is 0 Å². The summed E-state index contributed by atoms with van der Waals surface area (Å²) in [6.45, 7) is 2.48. The summed E-state index contributed by atoms with van der Waals surface area (Å²) >= 11 is 0. The maximum Gasteiger partial charge on any atom is 0.246 e. The van der Waals surface area contributed by atoms with Crippen molar-refractivity contribution in [1.82, 2.24) is 5.32 Å². The molecule has 0 radical (unpaired) electrons. The van der Waals surface area contributed by atoms with Crippen LogP contribution in [0.1, 0.15) is 64.7 Å². The van der Waals surface area contributed by atoms with Gasteiger partial charge in [0.25, 0.3) is 0 Å². The summed E-state index contributed by atoms with van der Waals surface area (Å²) in [5.41, 5.74) is 6.15. The smallest absolute Gasteiger partial charge is 0.246 e. The zero-order valence-electron chi connectivity index (χ0n) is 14.3. The van der Waals surface area contributed by atoms with Crippen LogP contribution < -0.4 is 11.1 Å². The highest BCUT2D eigenvalue weighted by atomic mass is 35.5. The number of carbonyl (C=O) groups is 1. The highest BCUT2D eigenvalue weighted by Gasteiger charge is 2.39. The summed E-state index contributed by atoms with van der Waals surface area (Å²) in [5, 5.41) is 3.28. The number of nitrogens with one attached hydrogen (secondary N) is 1. The molecule has 0 aromatic carbocycles. The van der Waals surface area contributed by atoms with Crippen LogP contribution >= 0.6 is 12.4 Å². The van der Waals surface area contributed by atoms with Gasteiger partial charge in [-0.3, -0.25) is 4.79 Å². The molecule has 134 valence electrons. The summed E-state index contributed by atoms with van der Waals surface area (Å²) < 4.78 is 5.91. The first-order valence-electron chi connectivity index (χ1n) is 9.30. The fraction of sp³-hybridized carbons (Fsp3) is 0.944. The average molecular weight is 345 g/mol. The highest BCUT2D eigenvalue weighted by molar-refractivity contribution is 5.85. The maximum absolute atomic E-state index is 12.3. The Morgan fingerprint density at radius 3 is 2.39 bits per heavy atom. The van der Waals surface area contributed by atoms with Crippen LogP contribution in [0.3, 0.4) is 0 Å². The summed E-state index contributed by atoms with van der Waals surface area (Å²) in [6, 6.07) is 0.677. The SMILES string of the molecule is CC1CCCCC1OCC(=O)NC1C2CCCC1CC(N)C2.Cl. The molecule has 5 heteroatoms. The summed E-state index contributed by atoms with van der Waals surface area (Å²) in [6.07, 6.45) is 11.0. The fourth-order valence-corrected chi connectivity index (χ4v) is 4.96. The second-order valence-corrected chi connectivity index (χ2v) is 7.89. The van der Waals surface area contributed by atoms with Crippen molar-refractivity contribution in [1.29, 1.82) is 0 Å². The summed E-state index contributed by atoms with van der Waals surface area (Å²) in [7, 11) is 0. The van der Waals surface area contributed by atoms with Crippen LogP contribution in [0.25, 0.3) is 0 Å². The molecule has 0 aromatic heterocycles. The number of rotatable bonds is 4. The topological polar surface area (TPSA) is 64.3 Å². The van der Waals surface area contributed by atoms with Crippen molar-refractivity contribution >= 4 is 18.3 Å². The molecule has 0 spiro atoms. The Bertz CT molecular complexity index is 379. The van der Waals surface area contributed by atoms with E-state index in [0.29, 0.717) is 29.8 Å². The molecule has 3 fully saturated rings. The van der Waals surface area contributed by atoms with E-state index in [1.165, 1.54) is 38.5 Å². The first kappa shape index (κ1) is 19.0. The van der Waals surface area contributed by atoms with Crippen LogP contribution in [0.15, 0.2) is 0 Å². The zero-order chi connectivity index (χ0) is 15.5. The molecular weight excluding hydrogens is 312 g/mol. The second-order valence-electron chi connectivity index (χ2n) is 7.89. The molecule has 3 aliphatic rings. The first-order chi connectivity index (χ1) is 10.6. The molecule has 3 saturated carbocycles. The van der Waals surface area contributed by atoms with Gasteiger partial charge in [0, 0.05) is 12.1 Å². The Hall–Kier alpha value is -0.320. The van der Waals surface area contributed by atoms with Crippen molar-refractivity contribution in [2.45, 2.75) is 82.9 Å². The molecule has 3 rings (SSSR count). The molecule has 2 bridgehead atoms. The lowest BCUT2D eigenvalue weighted by molar-refractivity contribution is -0.132. The van der Waals surface area contributed by atoms with Gasteiger partial charge in [-0.2, -0.15) is 0 Å². The van der Waals surface area contributed by atoms with Crippen molar-refractivity contribution in [3.05, 3.63) is 0 Å². The lowest BCUT2D eigenvalue weighted by atomic mass is 9.67. The minimum atomic E-state index is 0. The summed E-state index contributed by atoms with van der Waals surface area (Å²) in [5.74, 6) is 1.84. The van der Waals surface area contributed by atoms with Gasteiger partial charge in [-0.15, -0.1) is 12.4 Å². The normalized spacial score (nSPS) is 40.1. The van der Waals surface area contributed by atoms with Crippen molar-refractivity contribution in [2.24, 2.45) is 23.5 Å². The monoisotopic (exact) mass is 344 g/mol. The molecule has 4 unspecified atom stereocenters. The molecule has 3 N–H and O–H groups in total. The van der Waals surface area contributed by atoms with Gasteiger partial charge in [0.2, 0.25) is 5.91 Å². The summed E-state index contributed by atoms with van der Waals surface area (Å²) in [4.78, 5) is 12.3. The van der Waals surface area contributed by atoms with Gasteiger partial charge >= 0.3 is 0 Å². The van der Waals surface area contributed by atoms with Gasteiger partial charge in [-0.1, -0.05) is 26.2 Å². The van der Waals surface area contributed by atoms with E-state index in [2.05, 4.69) is 12.2 Å². The van der Waals surface area contributed by atoms with E-state index in [9.17, 15) is 4.79 Å². The van der Waals surface area contributed by atoms with Crippen LogP contribution in [0, 0.1) is 17.8 Å². The average Bonchev–Trinajstić information content (AvgIpc) is 2.47. The molecular formula is C18H33ClN2O2. The van der Waals surface area contributed by atoms with Gasteiger partial charge in [0.05, 0.1) is 6.10 Å². The predicted molar refractivity (Wildman–Crippen MR) is 94.6 cm³/mol. The van der Waals surface area contributed by atoms with E-state index in [1.54, 1.807) is 0 Å². The lowest BCUT2D eigenvalue weighted by Gasteiger charge is -2.45. The maximum atomic E-state index is 12.3. The molecule has 0 aliphatic heterocycles. The zero-order valence-corrected chi connectivity index (χ0v) is 15.2. The van der Waals surface area contributed by atoms with E-state index in [-0.39, 0.29) is 31.0 Å². The number of hydrogen-bond acceptors (Lipinski definition) is 3. The molecule has 4 nitrogen and oxygen atoms in total. The van der Waals surface area contributed by atoms with Crippen molar-refractivity contribution in [3.8, 4) is 0 Å². The van der Waals surface area contributed by atoms with Gasteiger partial charge < -0.3 is 15.8 Å². The number of nitrogens with two attached hydrogens (primary N) is 1. The molecule has 1 amide bonds. The number of ether oxygens (including phenoxy) is 1. The van der Waals surface area contributed by atoms with E-state index in [1.807, 2.05) is 0 Å². The minimum Gasteiger partial charge on any atom is -0.368 e. The van der Waals surface area contributed by atoms with Gasteiger partial charge in [-0.25, -0.2) is 0 Å². The van der Waals surface area contributed by atoms with Gasteiger partial charge in [-0.05, 0) is 56.3 Å². The Balaban J connectivity index is 0.00000192. The van der Waals surface area contributed by atoms with E-state index in [4.69, 9.17) is 10.5 Å². The van der Waals surface area contributed by atoms with Crippen LogP contribution in [-0.2, 0) is 9.53 Å². The predicted octanol–water partition coefficient (Wildman–Crippen LogP) is 3.03. The van der Waals surface area contributed by atoms with Crippen LogP contribution in [0.2, 0.25) is 0 Å². The third-order valence-electron chi connectivity index (χ3n) is 6.17. The Kier molecular flexibility index (Phi) is 7.18. The molecule has 0 saturated heterocycles. The minimum absolute atomic E-state index is 0. The van der Waals surface area contributed by atoms with E-state index < -0.39 is 0 Å². The van der Waals surface area contributed by atoms with Crippen LogP contribution in [0.5, 0.6) is 0 Å². The molecule has 0 aromatic rings. The quantitative estimate of drug-likeness (QED) is 0.823. The fourth-order valence-electron chi connectivity index (χ4n) is 4.96. The molecule has 0 heterocycles. The highest BCUT2D eigenvalue weighted by Crippen LogP contribution is 2.39. The van der Waals surface area contributed by atoms with Gasteiger partial charge in [0.1, 0.15) is 6.61 Å². The Morgan fingerprint density at radius 1 is 1.09 bits per heavy atom. The second kappa shape index (κ2) is 8.68. The number of hydrogen-bond donors (Lipinski definition) is 2. The number of amides is 1. The molecule has 3 aliphatic carbocycles. The van der Waals surface area contributed by atoms with E-state index >= 15 is 0 Å². The van der Waals surface area contributed by atoms with Crippen molar-refractivity contribution in [2.75, 3.05) is 6.61 Å². The molecule has 23 heavy (non-hydrogen) atoms. The standard InChI is InChI=1S/C18H32N2O2.ClH/c1-12-5-2-3-8-16(12)22-11-17(21)20-18-13-6-4-7-14(18)10-15(19)9-13;/h12-16,18H,2-11,19H2,1H3,(H,20,21);1H. The van der Waals surface area contributed by atoms with E-state index in [0.717, 1.165) is 19.3 Å². The van der Waals surface area contributed by atoms with Crippen LogP contribution in [0.4, 0.5) is 0 Å². The molecule has 4 atom stereocenters. The Morgan fingerprint density at radius 2 is 1.74 bits per heavy atom.